The number of rotatable bonds is 33. The van der Waals surface area contributed by atoms with Crippen LogP contribution >= 0.6 is 46.4 Å². The van der Waals surface area contributed by atoms with Crippen molar-refractivity contribution in [1.82, 2.24) is 40.5 Å². The second kappa shape index (κ2) is 32.1. The first-order chi connectivity index (χ1) is 40.4. The average Bonchev–Trinajstić information content (AvgIpc) is 3.45. The number of likely N-dealkylation sites (tertiary alicyclic amines) is 2. The zero-order valence-corrected chi connectivity index (χ0v) is 51.0. The van der Waals surface area contributed by atoms with Crippen molar-refractivity contribution >= 4 is 78.5 Å². The van der Waals surface area contributed by atoms with Gasteiger partial charge in [-0.1, -0.05) is 46.4 Å². The summed E-state index contributed by atoms with van der Waals surface area (Å²) in [6.07, 6.45) is 2.27. The Morgan fingerprint density at radius 1 is 0.500 bits per heavy atom. The highest BCUT2D eigenvalue weighted by Crippen LogP contribution is 2.45. The Bertz CT molecular complexity index is 2830. The second-order valence-corrected chi connectivity index (χ2v) is 25.9. The highest BCUT2D eigenvalue weighted by molar-refractivity contribution is 7.89. The molecule has 8 N–H and O–H groups in total. The maximum absolute atomic E-state index is 13.0. The molecular formula is C56H74Cl4N8O14S2. The molecule has 0 bridgehead atoms. The number of nitrogens with zero attached hydrogens (tertiary/aromatic N) is 2. The molecule has 2 saturated heterocycles. The predicted octanol–water partition coefficient (Wildman–Crippen LogP) is 5.22. The van der Waals surface area contributed by atoms with Crippen molar-refractivity contribution in [2.24, 2.45) is 0 Å². The lowest BCUT2D eigenvalue weighted by Crippen LogP contribution is -2.39. The maximum atomic E-state index is 13.0. The lowest BCUT2D eigenvalue weighted by Gasteiger charge is -2.30. The maximum Gasteiger partial charge on any atom is 0.314 e. The molecule has 2 heterocycles. The van der Waals surface area contributed by atoms with Gasteiger partial charge in [0.15, 0.2) is 0 Å². The molecule has 4 aromatic rings. The smallest absolute Gasteiger partial charge is 0.314 e. The van der Waals surface area contributed by atoms with Crippen molar-refractivity contribution < 1.29 is 65.1 Å². The number of halogens is 4. The van der Waals surface area contributed by atoms with Gasteiger partial charge in [0, 0.05) is 96.7 Å². The van der Waals surface area contributed by atoms with Crippen LogP contribution in [-0.2, 0) is 51.8 Å². The third kappa shape index (κ3) is 19.1. The van der Waals surface area contributed by atoms with E-state index in [1.807, 2.05) is 12.1 Å². The number of fused-ring (bicyclic) bond motifs is 2. The first-order valence-corrected chi connectivity index (χ1v) is 32.6. The van der Waals surface area contributed by atoms with Crippen LogP contribution in [0.4, 0.5) is 9.59 Å². The fourth-order valence-corrected chi connectivity index (χ4v) is 13.7. The molecule has 1 unspecified atom stereocenters. The summed E-state index contributed by atoms with van der Waals surface area (Å²) >= 11 is 25.9. The average molecular weight is 1290 g/mol. The molecule has 4 aromatic carbocycles. The molecule has 462 valence electrons. The third-order valence-corrected chi connectivity index (χ3v) is 18.8. The summed E-state index contributed by atoms with van der Waals surface area (Å²) in [5.74, 6) is 0.965. The number of carbonyl (C=O) groups excluding carboxylic acids is 2. The molecule has 6 atom stereocenters. The molecule has 0 spiro atoms. The van der Waals surface area contributed by atoms with Crippen molar-refractivity contribution in [1.29, 1.82) is 0 Å². The number of amides is 4. The number of hydrogen-bond donors (Lipinski definition) is 8. The molecule has 4 aliphatic rings. The normalized spacial score (nSPS) is 20.6. The quantitative estimate of drug-likeness (QED) is 0.0284. The minimum Gasteiger partial charge on any atom is -0.484 e. The van der Waals surface area contributed by atoms with Gasteiger partial charge in [0.1, 0.15) is 23.7 Å². The number of aliphatic hydroxyl groups excluding tert-OH is 2. The SMILES string of the molecule is O=C(NCCCCNC(=O)NCCOCCOCCNS(=O)(=O)c1ccc(O[C@H]2c3cc(Cl)cc(Cl)c3C[C@@H]2N2CC[C@@H](O)C2)cc1)NCCOCCOCCNS(=O)(=O)c1ccc(O[C@H]2c3cc(Cl)cc(Cl)c3CC2N2CC[C@@H](O)C2)cc1. The Morgan fingerprint density at radius 3 is 1.21 bits per heavy atom. The molecule has 4 amide bonds. The summed E-state index contributed by atoms with van der Waals surface area (Å²) in [6.45, 7) is 5.64. The van der Waals surface area contributed by atoms with Gasteiger partial charge in [-0.15, -0.1) is 0 Å². The van der Waals surface area contributed by atoms with Crippen molar-refractivity contribution in [3.63, 3.8) is 0 Å². The predicted molar refractivity (Wildman–Crippen MR) is 318 cm³/mol. The van der Waals surface area contributed by atoms with Crippen molar-refractivity contribution in [3.8, 4) is 11.5 Å². The number of carbonyl (C=O) groups is 2. The number of ether oxygens (including phenoxy) is 6. The Kier molecular flexibility index (Phi) is 25.1. The first-order valence-electron chi connectivity index (χ1n) is 28.1. The largest absolute Gasteiger partial charge is 0.484 e. The van der Waals surface area contributed by atoms with E-state index in [1.165, 1.54) is 24.3 Å². The zero-order valence-electron chi connectivity index (χ0n) is 46.4. The minimum atomic E-state index is -3.82. The number of nitrogens with one attached hydrogen (secondary N) is 6. The molecule has 28 heteroatoms. The lowest BCUT2D eigenvalue weighted by atomic mass is 10.1. The van der Waals surface area contributed by atoms with E-state index >= 15 is 0 Å². The number of sulfonamides is 2. The van der Waals surface area contributed by atoms with Gasteiger partial charge in [-0.3, -0.25) is 9.80 Å². The van der Waals surface area contributed by atoms with Crippen molar-refractivity contribution in [3.05, 3.63) is 115 Å². The summed E-state index contributed by atoms with van der Waals surface area (Å²) in [5.41, 5.74) is 3.66. The van der Waals surface area contributed by atoms with E-state index < -0.39 is 44.5 Å². The molecule has 84 heavy (non-hydrogen) atoms. The second-order valence-electron chi connectivity index (χ2n) is 20.7. The summed E-state index contributed by atoms with van der Waals surface area (Å²) in [6, 6.07) is 18.7. The molecule has 2 aliphatic carbocycles. The Hall–Kier alpha value is -4.32. The van der Waals surface area contributed by atoms with E-state index in [-0.39, 0.29) is 113 Å². The van der Waals surface area contributed by atoms with Gasteiger partial charge in [-0.05, 0) is 122 Å². The summed E-state index contributed by atoms with van der Waals surface area (Å²) in [7, 11) is -7.65. The van der Waals surface area contributed by atoms with Gasteiger partial charge < -0.3 is 59.9 Å². The van der Waals surface area contributed by atoms with Crippen LogP contribution in [0.25, 0.3) is 0 Å². The Morgan fingerprint density at radius 2 is 0.857 bits per heavy atom. The number of urea groups is 2. The fourth-order valence-electron chi connectivity index (χ4n) is 10.5. The molecule has 0 aromatic heterocycles. The van der Waals surface area contributed by atoms with E-state index in [0.29, 0.717) is 96.3 Å². The van der Waals surface area contributed by atoms with E-state index in [1.54, 1.807) is 36.4 Å². The molecular weight excluding hydrogens is 1210 g/mol. The Labute approximate surface area is 510 Å². The first kappa shape index (κ1) is 65.7. The van der Waals surface area contributed by atoms with Gasteiger partial charge in [0.05, 0.1) is 86.9 Å². The monoisotopic (exact) mass is 1290 g/mol. The number of β-amino-alcohol motifs (C(OH)–C–C–N with tert-alkyl or cyclic N) is 2. The van der Waals surface area contributed by atoms with Crippen LogP contribution in [-0.4, -0.2) is 192 Å². The van der Waals surface area contributed by atoms with E-state index in [2.05, 4.69) is 40.5 Å². The molecule has 0 radical (unpaired) electrons. The standard InChI is InChI=1S/C56H74Cl4N8O14S2/c57-37-29-47-45(49(59)31-37)33-51(67-19-11-39(69)35-67)53(47)81-41-3-7-43(8-4-41)83(73,74)65-17-23-79-27-25-77-21-15-63-55(71)61-13-1-2-14-62-56(72)64-16-22-78-26-28-80-24-18-66-84(75,76)44-9-5-42(6-10-44)82-54-48-30-38(58)32-50(60)46(48)34-52(54)68-20-12-40(70)36-68/h3-10,29-32,39-40,51-54,65-66,69-70H,1-2,11-28,33-36H2,(H2,61,63,71)(H2,62,64,72)/t39-,40-,51+,52?,53+,54+/m1/s1. The van der Waals surface area contributed by atoms with E-state index in [0.717, 1.165) is 35.3 Å². The molecule has 2 fully saturated rings. The van der Waals surface area contributed by atoms with Crippen LogP contribution in [0.1, 0.15) is 60.1 Å². The van der Waals surface area contributed by atoms with Gasteiger partial charge in [0.2, 0.25) is 20.0 Å². The van der Waals surface area contributed by atoms with Crippen LogP contribution in [0.3, 0.4) is 0 Å². The number of hydrogen-bond acceptors (Lipinski definition) is 16. The topological polar surface area (TPSA) is 277 Å². The van der Waals surface area contributed by atoms with Crippen molar-refractivity contribution in [2.45, 2.75) is 84.8 Å². The van der Waals surface area contributed by atoms with Gasteiger partial charge >= 0.3 is 12.1 Å². The van der Waals surface area contributed by atoms with E-state index in [9.17, 15) is 36.6 Å². The zero-order chi connectivity index (χ0) is 59.6. The van der Waals surface area contributed by atoms with Gasteiger partial charge in [0.25, 0.3) is 0 Å². The van der Waals surface area contributed by atoms with Crippen LogP contribution < -0.4 is 40.2 Å². The van der Waals surface area contributed by atoms with Crippen LogP contribution in [0.2, 0.25) is 20.1 Å². The minimum absolute atomic E-state index is 0.0448. The van der Waals surface area contributed by atoms with Crippen molar-refractivity contribution in [2.75, 3.05) is 118 Å². The third-order valence-electron chi connectivity index (χ3n) is 14.7. The van der Waals surface area contributed by atoms with Gasteiger partial charge in [-0.2, -0.15) is 0 Å². The molecule has 22 nitrogen and oxygen atoms in total. The lowest BCUT2D eigenvalue weighted by molar-refractivity contribution is 0.0516. The summed E-state index contributed by atoms with van der Waals surface area (Å²) in [4.78, 5) is 28.8. The molecule has 8 rings (SSSR count). The van der Waals surface area contributed by atoms with Gasteiger partial charge in [-0.25, -0.2) is 35.9 Å². The number of unbranched alkanes of at least 4 members (excludes halogenated alkanes) is 1. The summed E-state index contributed by atoms with van der Waals surface area (Å²) in [5, 5.41) is 33.4. The van der Waals surface area contributed by atoms with Crippen LogP contribution in [0, 0.1) is 0 Å². The highest BCUT2D eigenvalue weighted by Gasteiger charge is 2.43. The van der Waals surface area contributed by atoms with E-state index in [4.69, 9.17) is 74.8 Å². The summed E-state index contributed by atoms with van der Waals surface area (Å²) < 4.78 is 92.0. The Balaban J connectivity index is 0.576. The number of benzene rings is 4. The highest BCUT2D eigenvalue weighted by atomic mass is 35.5. The molecule has 2 aliphatic heterocycles. The molecule has 0 saturated carbocycles. The van der Waals surface area contributed by atoms with Crippen LogP contribution in [0.15, 0.2) is 82.6 Å². The van der Waals surface area contributed by atoms with Crippen LogP contribution in [0.5, 0.6) is 11.5 Å². The fraction of sp³-hybridized carbons (Fsp3) is 0.536. The number of aliphatic hydroxyl groups is 2.